The molecule has 0 amide bonds. The summed E-state index contributed by atoms with van der Waals surface area (Å²) in [5, 5.41) is 32.2. The number of aliphatic hydroxyl groups excluding tert-OH is 1. The molecule has 0 saturated heterocycles. The molecule has 0 heterocycles. The van der Waals surface area contributed by atoms with E-state index >= 15 is 0 Å². The fourth-order valence-corrected chi connectivity index (χ4v) is 1.88. The predicted octanol–water partition coefficient (Wildman–Crippen LogP) is 2.14. The lowest BCUT2D eigenvalue weighted by atomic mass is 10.2. The van der Waals surface area contributed by atoms with Crippen molar-refractivity contribution in [1.82, 2.24) is 0 Å². The first kappa shape index (κ1) is 17.2. The van der Waals surface area contributed by atoms with Crippen LogP contribution in [0.2, 0.25) is 0 Å². The molecule has 3 N–H and O–H groups in total. The molecule has 126 valence electrons. The molecule has 0 saturated carbocycles. The van der Waals surface area contributed by atoms with E-state index in [-0.39, 0.29) is 24.4 Å². The van der Waals surface area contributed by atoms with Gasteiger partial charge >= 0.3 is 5.97 Å². The van der Waals surface area contributed by atoms with Gasteiger partial charge in [-0.25, -0.2) is 4.79 Å². The molecule has 2 rings (SSSR count). The lowest BCUT2D eigenvalue weighted by Crippen LogP contribution is -2.26. The van der Waals surface area contributed by atoms with Gasteiger partial charge in [-0.3, -0.25) is 10.1 Å². The Hall–Kier alpha value is -3.13. The Morgan fingerprint density at radius 2 is 1.79 bits per heavy atom. The Kier molecular flexibility index (Phi) is 5.69. The monoisotopic (exact) mass is 332 g/mol. The minimum Gasteiger partial charge on any atom is -0.491 e. The molecule has 24 heavy (non-hydrogen) atoms. The Labute approximate surface area is 137 Å². The SMILES string of the molecule is O=C(O)c1ccc(NCC(O)COc2ccc([N+](=O)[O-])cc2)cc1. The average molecular weight is 332 g/mol. The molecule has 0 aromatic heterocycles. The molecule has 8 nitrogen and oxygen atoms in total. The number of carboxylic acids is 1. The predicted molar refractivity (Wildman–Crippen MR) is 86.5 cm³/mol. The lowest BCUT2D eigenvalue weighted by Gasteiger charge is -2.14. The number of non-ortho nitro benzene ring substituents is 1. The number of nitrogens with one attached hydrogen (secondary N) is 1. The first-order valence-corrected chi connectivity index (χ1v) is 7.08. The second-order valence-electron chi connectivity index (χ2n) is 4.98. The summed E-state index contributed by atoms with van der Waals surface area (Å²) in [6.07, 6.45) is -0.806. The van der Waals surface area contributed by atoms with Gasteiger partial charge in [0.1, 0.15) is 18.5 Å². The first-order chi connectivity index (χ1) is 11.5. The van der Waals surface area contributed by atoms with Crippen LogP contribution >= 0.6 is 0 Å². The van der Waals surface area contributed by atoms with Gasteiger partial charge < -0.3 is 20.3 Å². The number of carbonyl (C=O) groups is 1. The molecule has 0 bridgehead atoms. The van der Waals surface area contributed by atoms with Gasteiger partial charge in [-0.1, -0.05) is 0 Å². The Morgan fingerprint density at radius 1 is 1.17 bits per heavy atom. The number of aromatic carboxylic acids is 1. The van der Waals surface area contributed by atoms with Crippen molar-refractivity contribution in [2.24, 2.45) is 0 Å². The Morgan fingerprint density at radius 3 is 2.33 bits per heavy atom. The van der Waals surface area contributed by atoms with Crippen LogP contribution in [0.25, 0.3) is 0 Å². The van der Waals surface area contributed by atoms with E-state index in [0.717, 1.165) is 0 Å². The van der Waals surface area contributed by atoms with Crippen LogP contribution in [-0.4, -0.2) is 40.4 Å². The van der Waals surface area contributed by atoms with Crippen LogP contribution < -0.4 is 10.1 Å². The number of hydrogen-bond acceptors (Lipinski definition) is 6. The van der Waals surface area contributed by atoms with E-state index in [1.807, 2.05) is 0 Å². The van der Waals surface area contributed by atoms with Gasteiger partial charge in [0.05, 0.1) is 10.5 Å². The summed E-state index contributed by atoms with van der Waals surface area (Å²) >= 11 is 0. The summed E-state index contributed by atoms with van der Waals surface area (Å²) in [5.41, 5.74) is 0.825. The third kappa shape index (κ3) is 4.96. The molecule has 0 fully saturated rings. The highest BCUT2D eigenvalue weighted by molar-refractivity contribution is 5.87. The third-order valence-corrected chi connectivity index (χ3v) is 3.16. The van der Waals surface area contributed by atoms with Crippen molar-refractivity contribution < 1.29 is 24.7 Å². The van der Waals surface area contributed by atoms with Crippen molar-refractivity contribution in [1.29, 1.82) is 0 Å². The largest absolute Gasteiger partial charge is 0.491 e. The molecule has 0 aliphatic rings. The smallest absolute Gasteiger partial charge is 0.335 e. The number of carboxylic acid groups (broad SMARTS) is 1. The molecular weight excluding hydrogens is 316 g/mol. The summed E-state index contributed by atoms with van der Waals surface area (Å²) in [7, 11) is 0. The Bertz CT molecular complexity index is 638. The zero-order chi connectivity index (χ0) is 17.5. The molecule has 0 aliphatic carbocycles. The van der Waals surface area contributed by atoms with Gasteiger partial charge in [-0.2, -0.15) is 0 Å². The molecule has 0 spiro atoms. The summed E-state index contributed by atoms with van der Waals surface area (Å²) in [4.78, 5) is 20.8. The number of nitrogens with zero attached hydrogens (tertiary/aromatic N) is 1. The van der Waals surface area contributed by atoms with Crippen molar-refractivity contribution in [3.8, 4) is 5.75 Å². The van der Waals surface area contributed by atoms with E-state index in [1.54, 1.807) is 12.1 Å². The zero-order valence-electron chi connectivity index (χ0n) is 12.6. The third-order valence-electron chi connectivity index (χ3n) is 3.16. The molecule has 1 unspecified atom stereocenters. The fourth-order valence-electron chi connectivity index (χ4n) is 1.88. The highest BCUT2D eigenvalue weighted by Gasteiger charge is 2.08. The number of nitro benzene ring substituents is 1. The average Bonchev–Trinajstić information content (AvgIpc) is 2.58. The van der Waals surface area contributed by atoms with E-state index in [4.69, 9.17) is 9.84 Å². The summed E-state index contributed by atoms with van der Waals surface area (Å²) in [6, 6.07) is 11.7. The Balaban J connectivity index is 1.77. The zero-order valence-corrected chi connectivity index (χ0v) is 12.6. The van der Waals surface area contributed by atoms with Crippen LogP contribution in [-0.2, 0) is 0 Å². The van der Waals surface area contributed by atoms with E-state index in [9.17, 15) is 20.0 Å². The van der Waals surface area contributed by atoms with Gasteiger partial charge in [0.15, 0.2) is 0 Å². The second-order valence-corrected chi connectivity index (χ2v) is 4.98. The van der Waals surface area contributed by atoms with Gasteiger partial charge in [-0.15, -0.1) is 0 Å². The second kappa shape index (κ2) is 7.93. The van der Waals surface area contributed by atoms with E-state index in [0.29, 0.717) is 11.4 Å². The minimum absolute atomic E-state index is 0.0119. The van der Waals surface area contributed by atoms with Crippen molar-refractivity contribution in [3.63, 3.8) is 0 Å². The highest BCUT2D eigenvalue weighted by atomic mass is 16.6. The quantitative estimate of drug-likeness (QED) is 0.500. The molecule has 8 heteroatoms. The molecule has 2 aromatic carbocycles. The van der Waals surface area contributed by atoms with Crippen LogP contribution in [0, 0.1) is 10.1 Å². The maximum atomic E-state index is 10.7. The number of aliphatic hydroxyl groups is 1. The number of ether oxygens (including phenoxy) is 1. The van der Waals surface area contributed by atoms with Crippen LogP contribution in [0.5, 0.6) is 5.75 Å². The van der Waals surface area contributed by atoms with Crippen LogP contribution in [0.1, 0.15) is 10.4 Å². The van der Waals surface area contributed by atoms with Crippen molar-refractivity contribution in [2.45, 2.75) is 6.10 Å². The van der Waals surface area contributed by atoms with Gasteiger partial charge in [0.2, 0.25) is 0 Å². The molecule has 1 atom stereocenters. The van der Waals surface area contributed by atoms with E-state index < -0.39 is 17.0 Å². The number of hydrogen-bond donors (Lipinski definition) is 3. The summed E-state index contributed by atoms with van der Waals surface area (Å²) < 4.78 is 5.35. The van der Waals surface area contributed by atoms with Crippen molar-refractivity contribution in [2.75, 3.05) is 18.5 Å². The lowest BCUT2D eigenvalue weighted by molar-refractivity contribution is -0.384. The van der Waals surface area contributed by atoms with E-state index in [1.165, 1.54) is 36.4 Å². The van der Waals surface area contributed by atoms with Gasteiger partial charge in [0.25, 0.3) is 5.69 Å². The summed E-state index contributed by atoms with van der Waals surface area (Å²) in [5.74, 6) is -0.580. The van der Waals surface area contributed by atoms with Gasteiger partial charge in [-0.05, 0) is 36.4 Å². The molecular formula is C16H16N2O6. The standard InChI is InChI=1S/C16H16N2O6/c19-14(9-17-12-3-1-11(2-4-12)16(20)21)10-24-15-7-5-13(6-8-15)18(22)23/h1-8,14,17,19H,9-10H2,(H,20,21). The van der Waals surface area contributed by atoms with Crippen LogP contribution in [0.15, 0.2) is 48.5 Å². The maximum absolute atomic E-state index is 10.7. The van der Waals surface area contributed by atoms with Crippen molar-refractivity contribution in [3.05, 3.63) is 64.2 Å². The van der Waals surface area contributed by atoms with Crippen LogP contribution in [0.4, 0.5) is 11.4 Å². The number of anilines is 1. The molecule has 0 aliphatic heterocycles. The number of rotatable bonds is 8. The topological polar surface area (TPSA) is 122 Å². The molecule has 2 aromatic rings. The van der Waals surface area contributed by atoms with Gasteiger partial charge in [0, 0.05) is 24.4 Å². The fraction of sp³-hybridized carbons (Fsp3) is 0.188. The van der Waals surface area contributed by atoms with E-state index in [2.05, 4.69) is 5.32 Å². The summed E-state index contributed by atoms with van der Waals surface area (Å²) in [6.45, 7) is 0.220. The number of benzene rings is 2. The van der Waals surface area contributed by atoms with Crippen LogP contribution in [0.3, 0.4) is 0 Å². The normalized spacial score (nSPS) is 11.5. The maximum Gasteiger partial charge on any atom is 0.335 e. The minimum atomic E-state index is -1.00. The van der Waals surface area contributed by atoms with Crippen molar-refractivity contribution >= 4 is 17.3 Å². The highest BCUT2D eigenvalue weighted by Crippen LogP contribution is 2.17. The molecule has 0 radical (unpaired) electrons. The number of nitro groups is 1. The first-order valence-electron chi connectivity index (χ1n) is 7.08.